The largest absolute Gasteiger partial charge is 0.300 e. The van der Waals surface area contributed by atoms with Gasteiger partial charge in [0.15, 0.2) is 0 Å². The highest BCUT2D eigenvalue weighted by Crippen LogP contribution is 2.25. The summed E-state index contributed by atoms with van der Waals surface area (Å²) in [5.41, 5.74) is 2.67. The van der Waals surface area contributed by atoms with Crippen LogP contribution in [0.4, 0.5) is 0 Å². The zero-order valence-electron chi connectivity index (χ0n) is 8.62. The average Bonchev–Trinajstić information content (AvgIpc) is 2.56. The molecule has 1 atom stereocenters. The second-order valence-electron chi connectivity index (χ2n) is 4.34. The highest BCUT2D eigenvalue weighted by Gasteiger charge is 2.21. The van der Waals surface area contributed by atoms with Gasteiger partial charge in [-0.3, -0.25) is 4.79 Å². The fourth-order valence-electron chi connectivity index (χ4n) is 2.12. The van der Waals surface area contributed by atoms with Crippen molar-refractivity contribution in [3.8, 4) is 0 Å². The molecule has 0 aromatic heterocycles. The average molecular weight is 188 g/mol. The first-order chi connectivity index (χ1) is 6.74. The van der Waals surface area contributed by atoms with E-state index < -0.39 is 0 Å². The monoisotopic (exact) mass is 188 g/mol. The number of carbonyl (C=O) groups is 1. The highest BCUT2D eigenvalue weighted by molar-refractivity contribution is 5.80. The number of hydrogen-bond donors (Lipinski definition) is 0. The molecule has 0 N–H and O–H groups in total. The van der Waals surface area contributed by atoms with E-state index in [9.17, 15) is 4.79 Å². The topological polar surface area (TPSA) is 17.1 Å². The minimum Gasteiger partial charge on any atom is -0.300 e. The normalized spacial score (nSPS) is 21.5. The quantitative estimate of drug-likeness (QED) is 0.697. The second-order valence-corrected chi connectivity index (χ2v) is 4.34. The van der Waals surface area contributed by atoms with Gasteiger partial charge in [0.1, 0.15) is 5.78 Å². The molecule has 1 aromatic carbocycles. The van der Waals surface area contributed by atoms with Crippen LogP contribution in [0.3, 0.4) is 0 Å². The molecule has 0 spiro atoms. The van der Waals surface area contributed by atoms with Gasteiger partial charge in [-0.25, -0.2) is 0 Å². The summed E-state index contributed by atoms with van der Waals surface area (Å²) in [5.74, 6) is 1.05. The number of benzene rings is 1. The van der Waals surface area contributed by atoms with Gasteiger partial charge in [-0.05, 0) is 31.2 Å². The number of carbonyl (C=O) groups excluding carboxylic acids is 1. The molecule has 1 unspecified atom stereocenters. The molecule has 1 aliphatic carbocycles. The minimum atomic E-state index is 0.446. The predicted octanol–water partition coefficient (Wildman–Crippen LogP) is 2.91. The summed E-state index contributed by atoms with van der Waals surface area (Å²) in [6.07, 6.45) is 3.77. The Hall–Kier alpha value is -1.11. The Labute approximate surface area is 85.1 Å². The lowest BCUT2D eigenvalue weighted by Crippen LogP contribution is -2.00. The van der Waals surface area contributed by atoms with Crippen molar-refractivity contribution in [3.05, 3.63) is 35.4 Å². The lowest BCUT2D eigenvalue weighted by molar-refractivity contribution is -0.117. The SMILES string of the molecule is Cc1ccc(CC2CCC(=O)C2)cc1. The summed E-state index contributed by atoms with van der Waals surface area (Å²) in [6, 6.07) is 8.65. The number of Topliss-reactive ketones (excluding diaryl/α,β-unsaturated/α-hetero) is 1. The molecule has 0 amide bonds. The predicted molar refractivity (Wildman–Crippen MR) is 57.2 cm³/mol. The van der Waals surface area contributed by atoms with Crippen molar-refractivity contribution in [3.63, 3.8) is 0 Å². The summed E-state index contributed by atoms with van der Waals surface area (Å²) in [5, 5.41) is 0. The Bertz CT molecular complexity index is 324. The molecular weight excluding hydrogens is 172 g/mol. The Kier molecular flexibility index (Phi) is 2.67. The molecule has 0 bridgehead atoms. The van der Waals surface area contributed by atoms with Gasteiger partial charge in [0.25, 0.3) is 0 Å². The van der Waals surface area contributed by atoms with Crippen LogP contribution in [0.2, 0.25) is 0 Å². The molecule has 1 fully saturated rings. The first kappa shape index (κ1) is 9.45. The van der Waals surface area contributed by atoms with Crippen molar-refractivity contribution in [1.82, 2.24) is 0 Å². The maximum absolute atomic E-state index is 11.1. The molecule has 1 heteroatoms. The zero-order valence-corrected chi connectivity index (χ0v) is 8.62. The van der Waals surface area contributed by atoms with Gasteiger partial charge in [0.2, 0.25) is 0 Å². The van der Waals surface area contributed by atoms with Crippen molar-refractivity contribution in [2.45, 2.75) is 32.6 Å². The number of ketones is 1. The fraction of sp³-hybridized carbons (Fsp3) is 0.462. The van der Waals surface area contributed by atoms with Gasteiger partial charge in [-0.2, -0.15) is 0 Å². The van der Waals surface area contributed by atoms with Gasteiger partial charge in [0, 0.05) is 12.8 Å². The van der Waals surface area contributed by atoms with Crippen LogP contribution >= 0.6 is 0 Å². The maximum Gasteiger partial charge on any atom is 0.133 e. The van der Waals surface area contributed by atoms with E-state index in [1.165, 1.54) is 11.1 Å². The van der Waals surface area contributed by atoms with E-state index in [1.54, 1.807) is 0 Å². The minimum absolute atomic E-state index is 0.446. The van der Waals surface area contributed by atoms with Crippen LogP contribution in [0.15, 0.2) is 24.3 Å². The molecule has 0 heterocycles. The van der Waals surface area contributed by atoms with E-state index in [0.717, 1.165) is 25.7 Å². The summed E-state index contributed by atoms with van der Waals surface area (Å²) >= 11 is 0. The van der Waals surface area contributed by atoms with E-state index in [2.05, 4.69) is 31.2 Å². The van der Waals surface area contributed by atoms with Gasteiger partial charge in [-0.1, -0.05) is 29.8 Å². The van der Waals surface area contributed by atoms with Crippen LogP contribution in [0.25, 0.3) is 0 Å². The van der Waals surface area contributed by atoms with Crippen molar-refractivity contribution < 1.29 is 4.79 Å². The number of rotatable bonds is 2. The van der Waals surface area contributed by atoms with Crippen molar-refractivity contribution >= 4 is 5.78 Å². The van der Waals surface area contributed by atoms with Gasteiger partial charge in [0.05, 0.1) is 0 Å². The van der Waals surface area contributed by atoms with Crippen LogP contribution < -0.4 is 0 Å². The van der Waals surface area contributed by atoms with Crippen LogP contribution in [-0.2, 0) is 11.2 Å². The van der Waals surface area contributed by atoms with E-state index in [0.29, 0.717) is 11.7 Å². The van der Waals surface area contributed by atoms with Crippen LogP contribution in [0.5, 0.6) is 0 Å². The van der Waals surface area contributed by atoms with Crippen LogP contribution in [0.1, 0.15) is 30.4 Å². The van der Waals surface area contributed by atoms with Gasteiger partial charge < -0.3 is 0 Å². The third-order valence-corrected chi connectivity index (χ3v) is 2.99. The first-order valence-corrected chi connectivity index (χ1v) is 5.31. The van der Waals surface area contributed by atoms with E-state index in [1.807, 2.05) is 0 Å². The maximum atomic E-state index is 11.1. The molecule has 14 heavy (non-hydrogen) atoms. The van der Waals surface area contributed by atoms with Gasteiger partial charge in [-0.15, -0.1) is 0 Å². The standard InChI is InChI=1S/C13H16O/c1-10-2-4-11(5-3-10)8-12-6-7-13(14)9-12/h2-5,12H,6-9H2,1H3. The fourth-order valence-corrected chi connectivity index (χ4v) is 2.12. The Balaban J connectivity index is 1.97. The van der Waals surface area contributed by atoms with Gasteiger partial charge >= 0.3 is 0 Å². The summed E-state index contributed by atoms with van der Waals surface area (Å²) in [4.78, 5) is 11.1. The summed E-state index contributed by atoms with van der Waals surface area (Å²) in [7, 11) is 0. The number of hydrogen-bond acceptors (Lipinski definition) is 1. The Morgan fingerprint density at radius 3 is 2.57 bits per heavy atom. The molecular formula is C13H16O. The second kappa shape index (κ2) is 3.95. The van der Waals surface area contributed by atoms with Crippen molar-refractivity contribution in [2.75, 3.05) is 0 Å². The Morgan fingerprint density at radius 2 is 2.00 bits per heavy atom. The molecule has 2 rings (SSSR count). The summed E-state index contributed by atoms with van der Waals surface area (Å²) < 4.78 is 0. The zero-order chi connectivity index (χ0) is 9.97. The third-order valence-electron chi connectivity index (χ3n) is 2.99. The highest BCUT2D eigenvalue weighted by atomic mass is 16.1. The molecule has 0 saturated heterocycles. The van der Waals surface area contributed by atoms with Crippen molar-refractivity contribution in [2.24, 2.45) is 5.92 Å². The van der Waals surface area contributed by atoms with E-state index in [-0.39, 0.29) is 0 Å². The van der Waals surface area contributed by atoms with E-state index >= 15 is 0 Å². The lowest BCUT2D eigenvalue weighted by Gasteiger charge is -2.07. The van der Waals surface area contributed by atoms with Crippen molar-refractivity contribution in [1.29, 1.82) is 0 Å². The molecule has 74 valence electrons. The third kappa shape index (κ3) is 2.22. The van der Waals surface area contributed by atoms with E-state index in [4.69, 9.17) is 0 Å². The molecule has 0 radical (unpaired) electrons. The van der Waals surface area contributed by atoms with Crippen LogP contribution in [-0.4, -0.2) is 5.78 Å². The molecule has 1 aliphatic rings. The smallest absolute Gasteiger partial charge is 0.133 e. The first-order valence-electron chi connectivity index (χ1n) is 5.31. The summed E-state index contributed by atoms with van der Waals surface area (Å²) in [6.45, 7) is 2.10. The number of aryl methyl sites for hydroxylation is 1. The molecule has 1 saturated carbocycles. The van der Waals surface area contributed by atoms with Crippen LogP contribution in [0, 0.1) is 12.8 Å². The molecule has 1 nitrogen and oxygen atoms in total. The Morgan fingerprint density at radius 1 is 1.29 bits per heavy atom. The molecule has 1 aromatic rings. The lowest BCUT2D eigenvalue weighted by atomic mass is 9.97. The molecule has 0 aliphatic heterocycles.